The molecule has 1 aliphatic heterocycles. The number of nitrogens with zero attached hydrogens (tertiary/aromatic N) is 4. The zero-order valence-electron chi connectivity index (χ0n) is 12.9. The molecule has 0 unspecified atom stereocenters. The Balaban J connectivity index is 1.45. The van der Waals surface area contributed by atoms with Gasteiger partial charge in [0, 0.05) is 50.2 Å². The second kappa shape index (κ2) is 7.53. The summed E-state index contributed by atoms with van der Waals surface area (Å²) < 4.78 is 0. The van der Waals surface area contributed by atoms with Crippen LogP contribution in [0.5, 0.6) is 0 Å². The monoisotopic (exact) mass is 312 g/mol. The lowest BCUT2D eigenvalue weighted by molar-refractivity contribution is 0.0955. The van der Waals surface area contributed by atoms with E-state index in [2.05, 4.69) is 30.5 Å². The van der Waals surface area contributed by atoms with E-state index in [-0.39, 0.29) is 5.91 Å². The van der Waals surface area contributed by atoms with Gasteiger partial charge in [0.05, 0.1) is 0 Å². The molecule has 23 heavy (non-hydrogen) atoms. The second-order valence-electron chi connectivity index (χ2n) is 5.37. The maximum absolute atomic E-state index is 11.9. The first-order valence-electron chi connectivity index (χ1n) is 7.82. The largest absolute Gasteiger partial charge is 0.368 e. The van der Waals surface area contributed by atoms with Gasteiger partial charge in [-0.25, -0.2) is 9.97 Å². The van der Waals surface area contributed by atoms with E-state index in [1.807, 2.05) is 6.07 Å². The average molecular weight is 312 g/mol. The van der Waals surface area contributed by atoms with Crippen molar-refractivity contribution in [1.82, 2.24) is 20.3 Å². The lowest BCUT2D eigenvalue weighted by atomic mass is 10.2. The molecule has 3 heterocycles. The topological polar surface area (TPSA) is 83.0 Å². The van der Waals surface area contributed by atoms with Crippen molar-refractivity contribution in [2.24, 2.45) is 0 Å². The van der Waals surface area contributed by atoms with Crippen molar-refractivity contribution in [1.29, 1.82) is 0 Å². The minimum absolute atomic E-state index is 0.102. The van der Waals surface area contributed by atoms with E-state index >= 15 is 0 Å². The van der Waals surface area contributed by atoms with Crippen LogP contribution in [0.25, 0.3) is 0 Å². The highest BCUT2D eigenvalue weighted by Gasteiger charge is 2.13. The molecule has 1 saturated heterocycles. The fourth-order valence-electron chi connectivity index (χ4n) is 2.53. The number of rotatable bonds is 6. The molecule has 120 valence electrons. The van der Waals surface area contributed by atoms with Gasteiger partial charge in [-0.15, -0.1) is 0 Å². The molecule has 2 N–H and O–H groups in total. The Morgan fingerprint density at radius 3 is 2.70 bits per heavy atom. The molecule has 0 bridgehead atoms. The van der Waals surface area contributed by atoms with E-state index in [0.717, 1.165) is 24.7 Å². The minimum atomic E-state index is -0.102. The highest BCUT2D eigenvalue weighted by atomic mass is 16.1. The number of hydrogen-bond donors (Lipinski definition) is 2. The first-order chi connectivity index (χ1) is 11.3. The molecule has 1 amide bonds. The average Bonchev–Trinajstić information content (AvgIpc) is 3.14. The summed E-state index contributed by atoms with van der Waals surface area (Å²) in [5.41, 5.74) is 0.610. The third-order valence-electron chi connectivity index (χ3n) is 3.74. The molecule has 0 radical (unpaired) electrons. The molecule has 0 spiro atoms. The van der Waals surface area contributed by atoms with Gasteiger partial charge in [0.2, 0.25) is 0 Å². The lowest BCUT2D eigenvalue weighted by Gasteiger charge is -2.16. The van der Waals surface area contributed by atoms with Gasteiger partial charge in [-0.3, -0.25) is 9.78 Å². The summed E-state index contributed by atoms with van der Waals surface area (Å²) in [4.78, 5) is 26.6. The van der Waals surface area contributed by atoms with Crippen molar-refractivity contribution in [3.05, 3.63) is 42.5 Å². The number of nitrogens with one attached hydrogen (secondary N) is 2. The normalized spacial score (nSPS) is 13.8. The summed E-state index contributed by atoms with van der Waals surface area (Å²) >= 11 is 0. The molecule has 7 nitrogen and oxygen atoms in total. The Morgan fingerprint density at radius 1 is 1.13 bits per heavy atom. The molecule has 7 heteroatoms. The first kappa shape index (κ1) is 15.2. The number of aromatic nitrogens is 3. The van der Waals surface area contributed by atoms with E-state index in [1.165, 1.54) is 12.8 Å². The highest BCUT2D eigenvalue weighted by Crippen LogP contribution is 2.18. The molecule has 0 aromatic carbocycles. The van der Waals surface area contributed by atoms with E-state index in [1.54, 1.807) is 30.9 Å². The summed E-state index contributed by atoms with van der Waals surface area (Å²) in [5.74, 6) is 1.63. The Morgan fingerprint density at radius 2 is 1.91 bits per heavy atom. The van der Waals surface area contributed by atoms with Crippen molar-refractivity contribution < 1.29 is 4.79 Å². The molecule has 1 aliphatic rings. The van der Waals surface area contributed by atoms with Crippen molar-refractivity contribution in [3.63, 3.8) is 0 Å². The van der Waals surface area contributed by atoms with Crippen LogP contribution in [-0.2, 0) is 0 Å². The number of carbonyl (C=O) groups is 1. The Hall–Kier alpha value is -2.70. The fraction of sp³-hybridized carbons (Fsp3) is 0.375. The lowest BCUT2D eigenvalue weighted by Crippen LogP contribution is -2.29. The van der Waals surface area contributed by atoms with Gasteiger partial charge in [-0.2, -0.15) is 0 Å². The molecule has 0 atom stereocenters. The number of pyridine rings is 1. The van der Waals surface area contributed by atoms with Crippen LogP contribution in [0, 0.1) is 0 Å². The van der Waals surface area contributed by atoms with Gasteiger partial charge in [-0.1, -0.05) is 0 Å². The smallest absolute Gasteiger partial charge is 0.251 e. The van der Waals surface area contributed by atoms with E-state index in [4.69, 9.17) is 0 Å². The van der Waals surface area contributed by atoms with E-state index in [9.17, 15) is 4.79 Å². The summed E-state index contributed by atoms with van der Waals surface area (Å²) in [6.45, 7) is 3.23. The van der Waals surface area contributed by atoms with Crippen LogP contribution in [0.4, 0.5) is 11.6 Å². The molecule has 3 rings (SSSR count). The van der Waals surface area contributed by atoms with Crippen LogP contribution in [0.2, 0.25) is 0 Å². The summed E-state index contributed by atoms with van der Waals surface area (Å²) in [6, 6.07) is 5.33. The molecule has 2 aromatic heterocycles. The maximum Gasteiger partial charge on any atom is 0.251 e. The quantitative estimate of drug-likeness (QED) is 0.783. The van der Waals surface area contributed by atoms with E-state index in [0.29, 0.717) is 18.7 Å². The number of amides is 1. The molecule has 2 aromatic rings. The van der Waals surface area contributed by atoms with Crippen molar-refractivity contribution in [2.45, 2.75) is 12.8 Å². The Kier molecular flexibility index (Phi) is 4.98. The van der Waals surface area contributed by atoms with Crippen LogP contribution in [0.1, 0.15) is 23.2 Å². The Labute approximate surface area is 135 Å². The van der Waals surface area contributed by atoms with Crippen LogP contribution >= 0.6 is 0 Å². The van der Waals surface area contributed by atoms with Crippen LogP contribution in [0.15, 0.2) is 36.9 Å². The van der Waals surface area contributed by atoms with Crippen LogP contribution in [0.3, 0.4) is 0 Å². The maximum atomic E-state index is 11.9. The first-order valence-corrected chi connectivity index (χ1v) is 7.82. The Bertz CT molecular complexity index is 642. The minimum Gasteiger partial charge on any atom is -0.368 e. The van der Waals surface area contributed by atoms with Gasteiger partial charge in [0.15, 0.2) is 0 Å². The third-order valence-corrected chi connectivity index (χ3v) is 3.74. The van der Waals surface area contributed by atoms with Crippen LogP contribution in [-0.4, -0.2) is 47.0 Å². The molecular weight excluding hydrogens is 292 g/mol. The number of hydrogen-bond acceptors (Lipinski definition) is 6. The van der Waals surface area contributed by atoms with Crippen molar-refractivity contribution in [2.75, 3.05) is 36.4 Å². The fourth-order valence-corrected chi connectivity index (χ4v) is 2.53. The highest BCUT2D eigenvalue weighted by molar-refractivity contribution is 5.93. The predicted octanol–water partition coefficient (Wildman–Crippen LogP) is 1.31. The standard InChI is InChI=1S/C16H20N6O/c23-16(13-3-5-17-6-4-13)19-8-7-18-14-11-15(21-12-20-14)22-9-1-2-10-22/h3-6,11-12H,1-2,7-10H2,(H,19,23)(H,18,20,21). The second-order valence-corrected chi connectivity index (χ2v) is 5.37. The third kappa shape index (κ3) is 4.15. The number of carbonyl (C=O) groups excluding carboxylic acids is 1. The predicted molar refractivity (Wildman–Crippen MR) is 88.5 cm³/mol. The molecule has 0 saturated carbocycles. The zero-order chi connectivity index (χ0) is 15.9. The van der Waals surface area contributed by atoms with Gasteiger partial charge in [-0.05, 0) is 25.0 Å². The van der Waals surface area contributed by atoms with Crippen LogP contribution < -0.4 is 15.5 Å². The van der Waals surface area contributed by atoms with E-state index < -0.39 is 0 Å². The summed E-state index contributed by atoms with van der Waals surface area (Å²) in [5, 5.41) is 6.07. The molecular formula is C16H20N6O. The summed E-state index contributed by atoms with van der Waals surface area (Å²) in [6.07, 6.45) is 7.22. The summed E-state index contributed by atoms with van der Waals surface area (Å²) in [7, 11) is 0. The zero-order valence-corrected chi connectivity index (χ0v) is 12.9. The van der Waals surface area contributed by atoms with Gasteiger partial charge in [0.25, 0.3) is 5.91 Å². The SMILES string of the molecule is O=C(NCCNc1cc(N2CCCC2)ncn1)c1ccncc1. The van der Waals surface area contributed by atoms with Gasteiger partial charge >= 0.3 is 0 Å². The van der Waals surface area contributed by atoms with Gasteiger partial charge in [0.1, 0.15) is 18.0 Å². The van der Waals surface area contributed by atoms with Gasteiger partial charge < -0.3 is 15.5 Å². The number of anilines is 2. The van der Waals surface area contributed by atoms with Crippen molar-refractivity contribution in [3.8, 4) is 0 Å². The molecule has 1 fully saturated rings. The molecule has 0 aliphatic carbocycles. The van der Waals surface area contributed by atoms with Crippen molar-refractivity contribution >= 4 is 17.5 Å².